The molecule has 0 atom stereocenters. The van der Waals surface area contributed by atoms with E-state index in [0.29, 0.717) is 0 Å². The fourth-order valence-electron chi connectivity index (χ4n) is 0.873. The van der Waals surface area contributed by atoms with Crippen LogP contribution in [-0.4, -0.2) is 11.7 Å². The number of rotatable bonds is 4. The Morgan fingerprint density at radius 1 is 1.44 bits per heavy atom. The summed E-state index contributed by atoms with van der Waals surface area (Å²) in [5.74, 6) is 0. The van der Waals surface area contributed by atoms with E-state index in [4.69, 9.17) is 5.11 Å². The van der Waals surface area contributed by atoms with Gasteiger partial charge in [0, 0.05) is 0 Å². The predicted molar refractivity (Wildman–Crippen MR) is 40.4 cm³/mol. The number of aliphatic hydroxyl groups is 1. The zero-order chi connectivity index (χ0) is 7.11. The van der Waals surface area contributed by atoms with E-state index in [9.17, 15) is 0 Å². The first-order valence-electron chi connectivity index (χ1n) is 3.63. The maximum Gasteiger partial charge on any atom is 0.0615 e. The summed E-state index contributed by atoms with van der Waals surface area (Å²) in [6, 6.07) is 0. The SMILES string of the molecule is CCCC(=CCO)CC. The fourth-order valence-corrected chi connectivity index (χ4v) is 0.873. The van der Waals surface area contributed by atoms with Gasteiger partial charge >= 0.3 is 0 Å². The average Bonchev–Trinajstić information content (AvgIpc) is 1.88. The molecule has 0 heterocycles. The van der Waals surface area contributed by atoms with Gasteiger partial charge in [-0.3, -0.25) is 0 Å². The van der Waals surface area contributed by atoms with Gasteiger partial charge in [0.1, 0.15) is 0 Å². The van der Waals surface area contributed by atoms with Crippen LogP contribution in [0.3, 0.4) is 0 Å². The second kappa shape index (κ2) is 5.83. The molecule has 0 spiro atoms. The van der Waals surface area contributed by atoms with Crippen molar-refractivity contribution in [1.29, 1.82) is 0 Å². The molecule has 0 saturated heterocycles. The van der Waals surface area contributed by atoms with Crippen LogP contribution in [-0.2, 0) is 0 Å². The average molecular weight is 128 g/mol. The molecule has 0 aliphatic heterocycles. The first kappa shape index (κ1) is 8.70. The van der Waals surface area contributed by atoms with Gasteiger partial charge in [-0.2, -0.15) is 0 Å². The lowest BCUT2D eigenvalue weighted by Crippen LogP contribution is -1.83. The summed E-state index contributed by atoms with van der Waals surface area (Å²) in [5.41, 5.74) is 1.38. The van der Waals surface area contributed by atoms with E-state index < -0.39 is 0 Å². The molecule has 1 N–H and O–H groups in total. The molecule has 0 fully saturated rings. The normalized spacial score (nSPS) is 12.1. The Balaban J connectivity index is 3.53. The quantitative estimate of drug-likeness (QED) is 0.575. The molecule has 54 valence electrons. The molecule has 0 rings (SSSR count). The van der Waals surface area contributed by atoms with Crippen LogP contribution in [0.15, 0.2) is 11.6 Å². The van der Waals surface area contributed by atoms with Gasteiger partial charge in [-0.05, 0) is 12.8 Å². The topological polar surface area (TPSA) is 20.2 Å². The molecule has 1 heteroatoms. The van der Waals surface area contributed by atoms with Gasteiger partial charge in [-0.25, -0.2) is 0 Å². The largest absolute Gasteiger partial charge is 0.392 e. The van der Waals surface area contributed by atoms with Crippen molar-refractivity contribution in [3.8, 4) is 0 Å². The zero-order valence-corrected chi connectivity index (χ0v) is 6.35. The van der Waals surface area contributed by atoms with E-state index in [1.54, 1.807) is 0 Å². The maximum absolute atomic E-state index is 8.52. The van der Waals surface area contributed by atoms with E-state index in [0.717, 1.165) is 12.8 Å². The molecule has 0 aliphatic rings. The van der Waals surface area contributed by atoms with Gasteiger partial charge in [0.15, 0.2) is 0 Å². The van der Waals surface area contributed by atoms with Crippen LogP contribution in [0.25, 0.3) is 0 Å². The van der Waals surface area contributed by atoms with Crippen molar-refractivity contribution in [2.75, 3.05) is 6.61 Å². The number of aliphatic hydroxyl groups excluding tert-OH is 1. The van der Waals surface area contributed by atoms with Gasteiger partial charge < -0.3 is 5.11 Å². The monoisotopic (exact) mass is 128 g/mol. The van der Waals surface area contributed by atoms with Crippen molar-refractivity contribution in [3.05, 3.63) is 11.6 Å². The lowest BCUT2D eigenvalue weighted by Gasteiger charge is -1.98. The van der Waals surface area contributed by atoms with Gasteiger partial charge in [-0.1, -0.05) is 31.9 Å². The highest BCUT2D eigenvalue weighted by Gasteiger charge is 1.89. The molecule has 0 aromatic rings. The molecule has 0 saturated carbocycles. The highest BCUT2D eigenvalue weighted by atomic mass is 16.2. The van der Waals surface area contributed by atoms with Gasteiger partial charge in [0.2, 0.25) is 0 Å². The molecule has 1 nitrogen and oxygen atoms in total. The summed E-state index contributed by atoms with van der Waals surface area (Å²) in [4.78, 5) is 0. The van der Waals surface area contributed by atoms with E-state index in [-0.39, 0.29) is 6.61 Å². The van der Waals surface area contributed by atoms with E-state index in [1.807, 2.05) is 6.08 Å². The van der Waals surface area contributed by atoms with Crippen LogP contribution in [0.1, 0.15) is 33.1 Å². The second-order valence-corrected chi connectivity index (χ2v) is 2.15. The molecule has 0 amide bonds. The highest BCUT2D eigenvalue weighted by molar-refractivity contribution is 5.00. The minimum Gasteiger partial charge on any atom is -0.392 e. The first-order valence-corrected chi connectivity index (χ1v) is 3.63. The Kier molecular flexibility index (Phi) is 5.64. The smallest absolute Gasteiger partial charge is 0.0615 e. The third-order valence-electron chi connectivity index (χ3n) is 1.41. The van der Waals surface area contributed by atoms with Gasteiger partial charge in [0.25, 0.3) is 0 Å². The Morgan fingerprint density at radius 3 is 2.44 bits per heavy atom. The molecule has 0 bridgehead atoms. The van der Waals surface area contributed by atoms with Crippen LogP contribution < -0.4 is 0 Å². The third-order valence-corrected chi connectivity index (χ3v) is 1.41. The Morgan fingerprint density at radius 2 is 2.11 bits per heavy atom. The highest BCUT2D eigenvalue weighted by Crippen LogP contribution is 2.07. The van der Waals surface area contributed by atoms with Crippen molar-refractivity contribution in [1.82, 2.24) is 0 Å². The minimum atomic E-state index is 0.198. The maximum atomic E-state index is 8.52. The van der Waals surface area contributed by atoms with E-state index in [1.165, 1.54) is 12.0 Å². The Bertz CT molecular complexity index is 84.6. The molecule has 0 aromatic carbocycles. The van der Waals surface area contributed by atoms with Crippen LogP contribution in [0.2, 0.25) is 0 Å². The van der Waals surface area contributed by atoms with Crippen molar-refractivity contribution < 1.29 is 5.11 Å². The van der Waals surface area contributed by atoms with Crippen LogP contribution in [0.4, 0.5) is 0 Å². The van der Waals surface area contributed by atoms with Crippen LogP contribution >= 0.6 is 0 Å². The van der Waals surface area contributed by atoms with Crippen LogP contribution in [0, 0.1) is 0 Å². The Hall–Kier alpha value is -0.300. The number of allylic oxidation sites excluding steroid dienone is 1. The fraction of sp³-hybridized carbons (Fsp3) is 0.750. The minimum absolute atomic E-state index is 0.198. The summed E-state index contributed by atoms with van der Waals surface area (Å²) in [5, 5.41) is 8.52. The molecule has 0 aliphatic carbocycles. The van der Waals surface area contributed by atoms with E-state index >= 15 is 0 Å². The number of hydrogen-bond acceptors (Lipinski definition) is 1. The molecule has 9 heavy (non-hydrogen) atoms. The van der Waals surface area contributed by atoms with Crippen LogP contribution in [0.5, 0.6) is 0 Å². The molecular weight excluding hydrogens is 112 g/mol. The summed E-state index contributed by atoms with van der Waals surface area (Å²) >= 11 is 0. The lowest BCUT2D eigenvalue weighted by molar-refractivity contribution is 0.341. The summed E-state index contributed by atoms with van der Waals surface area (Å²) < 4.78 is 0. The predicted octanol–water partition coefficient (Wildman–Crippen LogP) is 2.12. The summed E-state index contributed by atoms with van der Waals surface area (Å²) in [6.45, 7) is 4.47. The second-order valence-electron chi connectivity index (χ2n) is 2.15. The third kappa shape index (κ3) is 4.22. The molecular formula is C8H16O. The molecule has 0 unspecified atom stereocenters. The van der Waals surface area contributed by atoms with E-state index in [2.05, 4.69) is 13.8 Å². The molecule has 0 radical (unpaired) electrons. The van der Waals surface area contributed by atoms with Gasteiger partial charge in [0.05, 0.1) is 6.61 Å². The van der Waals surface area contributed by atoms with Crippen molar-refractivity contribution in [2.24, 2.45) is 0 Å². The van der Waals surface area contributed by atoms with Crippen molar-refractivity contribution in [2.45, 2.75) is 33.1 Å². The Labute approximate surface area is 57.4 Å². The lowest BCUT2D eigenvalue weighted by atomic mass is 10.1. The first-order chi connectivity index (χ1) is 4.35. The standard InChI is InChI=1S/C8H16O/c1-3-5-8(4-2)6-7-9/h6,9H,3-5,7H2,1-2H3. The molecule has 0 aromatic heterocycles. The van der Waals surface area contributed by atoms with Crippen molar-refractivity contribution >= 4 is 0 Å². The van der Waals surface area contributed by atoms with Gasteiger partial charge in [-0.15, -0.1) is 0 Å². The number of hydrogen-bond donors (Lipinski definition) is 1. The summed E-state index contributed by atoms with van der Waals surface area (Å²) in [7, 11) is 0. The summed E-state index contributed by atoms with van der Waals surface area (Å²) in [6.07, 6.45) is 5.30. The van der Waals surface area contributed by atoms with Crippen molar-refractivity contribution in [3.63, 3.8) is 0 Å². The zero-order valence-electron chi connectivity index (χ0n) is 6.35.